The first-order valence-corrected chi connectivity index (χ1v) is 8.36. The van der Waals surface area contributed by atoms with Crippen LogP contribution in [-0.2, 0) is 22.7 Å². The Morgan fingerprint density at radius 3 is 2.56 bits per heavy atom. The molecule has 7 nitrogen and oxygen atoms in total. The zero-order chi connectivity index (χ0) is 18.4. The van der Waals surface area contributed by atoms with Crippen LogP contribution in [0.3, 0.4) is 0 Å². The molecular formula is C17H20N2O5S. The molecule has 1 N–H and O–H groups in total. The van der Waals surface area contributed by atoms with Crippen LogP contribution in [-0.4, -0.2) is 47.6 Å². The first-order chi connectivity index (χ1) is 11.9. The second kappa shape index (κ2) is 8.59. The van der Waals surface area contributed by atoms with Crippen molar-refractivity contribution in [1.82, 2.24) is 9.88 Å². The Bertz CT molecular complexity index is 742. The molecule has 0 aliphatic carbocycles. The molecule has 0 aliphatic rings. The number of methoxy groups -OCH3 is 1. The predicted octanol–water partition coefficient (Wildman–Crippen LogP) is 2.33. The van der Waals surface area contributed by atoms with Crippen LogP contribution >= 0.6 is 11.3 Å². The summed E-state index contributed by atoms with van der Waals surface area (Å²) in [5.41, 5.74) is 1.61. The van der Waals surface area contributed by atoms with Crippen molar-refractivity contribution in [1.29, 1.82) is 0 Å². The summed E-state index contributed by atoms with van der Waals surface area (Å²) < 4.78 is 10.1. The second-order valence-electron chi connectivity index (χ2n) is 5.44. The summed E-state index contributed by atoms with van der Waals surface area (Å²) in [4.78, 5) is 29.6. The lowest BCUT2D eigenvalue weighted by atomic mass is 10.2. The van der Waals surface area contributed by atoms with Gasteiger partial charge in [0.25, 0.3) is 5.91 Å². The Hall–Kier alpha value is -2.45. The van der Waals surface area contributed by atoms with Crippen molar-refractivity contribution in [2.45, 2.75) is 20.1 Å². The molecule has 2 rings (SSSR count). The lowest BCUT2D eigenvalue weighted by Gasteiger charge is -2.17. The number of carbonyl (C=O) groups excluding carboxylic acids is 1. The molecule has 0 bridgehead atoms. The highest BCUT2D eigenvalue weighted by Gasteiger charge is 2.19. The van der Waals surface area contributed by atoms with Gasteiger partial charge in [-0.25, -0.2) is 9.78 Å². The highest BCUT2D eigenvalue weighted by molar-refractivity contribution is 7.13. The predicted molar refractivity (Wildman–Crippen MR) is 92.9 cm³/mol. The van der Waals surface area contributed by atoms with Crippen LogP contribution in [0.15, 0.2) is 24.3 Å². The van der Waals surface area contributed by atoms with Gasteiger partial charge in [-0.2, -0.15) is 0 Å². The fourth-order valence-electron chi connectivity index (χ4n) is 2.19. The molecule has 8 heteroatoms. The zero-order valence-electron chi connectivity index (χ0n) is 14.3. The molecule has 0 atom stereocenters. The number of thiazole rings is 1. The van der Waals surface area contributed by atoms with Gasteiger partial charge in [-0.3, -0.25) is 4.79 Å². The Labute approximate surface area is 149 Å². The Morgan fingerprint density at radius 2 is 1.96 bits per heavy atom. The molecule has 0 saturated carbocycles. The molecule has 1 heterocycles. The average molecular weight is 364 g/mol. The largest absolute Gasteiger partial charge is 0.482 e. The van der Waals surface area contributed by atoms with Crippen molar-refractivity contribution in [3.63, 3.8) is 0 Å². The summed E-state index contributed by atoms with van der Waals surface area (Å²) in [6.07, 6.45) is 0. The van der Waals surface area contributed by atoms with Gasteiger partial charge >= 0.3 is 5.97 Å². The summed E-state index contributed by atoms with van der Waals surface area (Å²) in [5, 5.41) is 9.37. The molecule has 1 amide bonds. The number of benzene rings is 1. The van der Waals surface area contributed by atoms with E-state index in [1.807, 2.05) is 6.92 Å². The summed E-state index contributed by atoms with van der Waals surface area (Å²) in [6, 6.07) is 6.98. The summed E-state index contributed by atoms with van der Waals surface area (Å²) in [5.74, 6) is -0.645. The van der Waals surface area contributed by atoms with E-state index in [2.05, 4.69) is 4.98 Å². The fraction of sp³-hybridized carbons (Fsp3) is 0.353. The van der Waals surface area contributed by atoms with E-state index in [9.17, 15) is 9.59 Å². The molecule has 0 fully saturated rings. The number of carbonyl (C=O) groups is 2. The monoisotopic (exact) mass is 364 g/mol. The van der Waals surface area contributed by atoms with E-state index in [0.717, 1.165) is 10.6 Å². The van der Waals surface area contributed by atoms with Crippen LogP contribution in [0.25, 0.3) is 0 Å². The number of hydrogen-bond donors (Lipinski definition) is 1. The molecule has 0 spiro atoms. The van der Waals surface area contributed by atoms with E-state index in [1.165, 1.54) is 11.3 Å². The summed E-state index contributed by atoms with van der Waals surface area (Å²) in [6.45, 7) is 2.24. The van der Waals surface area contributed by atoms with Crippen molar-refractivity contribution >= 4 is 23.2 Å². The zero-order valence-corrected chi connectivity index (χ0v) is 15.1. The number of carboxylic acids is 1. The van der Waals surface area contributed by atoms with Crippen LogP contribution < -0.4 is 4.74 Å². The van der Waals surface area contributed by atoms with Gasteiger partial charge < -0.3 is 19.5 Å². The minimum atomic E-state index is -1.03. The molecule has 2 aromatic rings. The summed E-state index contributed by atoms with van der Waals surface area (Å²) >= 11 is 1.34. The number of amides is 1. The second-order valence-corrected chi connectivity index (χ2v) is 6.53. The van der Waals surface area contributed by atoms with Crippen molar-refractivity contribution in [3.8, 4) is 5.75 Å². The number of nitrogens with zero attached hydrogens (tertiary/aromatic N) is 2. The smallest absolute Gasteiger partial charge is 0.341 e. The third-order valence-corrected chi connectivity index (χ3v) is 4.47. The first-order valence-electron chi connectivity index (χ1n) is 7.55. The maximum Gasteiger partial charge on any atom is 0.341 e. The highest BCUT2D eigenvalue weighted by Crippen LogP contribution is 2.21. The number of aliphatic carboxylic acids is 1. The normalized spacial score (nSPS) is 10.5. The van der Waals surface area contributed by atoms with Gasteiger partial charge in [0.05, 0.1) is 12.3 Å². The van der Waals surface area contributed by atoms with E-state index >= 15 is 0 Å². The number of rotatable bonds is 8. The molecule has 1 aromatic carbocycles. The topological polar surface area (TPSA) is 89.0 Å². The quantitative estimate of drug-likeness (QED) is 0.773. The van der Waals surface area contributed by atoms with Crippen LogP contribution in [0.5, 0.6) is 5.75 Å². The Morgan fingerprint density at radius 1 is 1.28 bits per heavy atom. The molecule has 134 valence electrons. The van der Waals surface area contributed by atoms with E-state index in [-0.39, 0.29) is 12.5 Å². The van der Waals surface area contributed by atoms with Crippen LogP contribution in [0.2, 0.25) is 0 Å². The average Bonchev–Trinajstić information content (AvgIpc) is 2.94. The van der Waals surface area contributed by atoms with Crippen LogP contribution in [0.4, 0.5) is 0 Å². The van der Waals surface area contributed by atoms with Crippen molar-refractivity contribution < 1.29 is 24.2 Å². The molecule has 0 saturated heterocycles. The Kier molecular flexibility index (Phi) is 6.49. The minimum Gasteiger partial charge on any atom is -0.482 e. The third-order valence-electron chi connectivity index (χ3n) is 3.36. The molecule has 1 aromatic heterocycles. The summed E-state index contributed by atoms with van der Waals surface area (Å²) in [7, 11) is 3.32. The number of ether oxygens (including phenoxy) is 2. The van der Waals surface area contributed by atoms with Crippen LogP contribution in [0, 0.1) is 6.92 Å². The van der Waals surface area contributed by atoms with E-state index < -0.39 is 5.97 Å². The number of aromatic nitrogens is 1. The Balaban J connectivity index is 2.00. The lowest BCUT2D eigenvalue weighted by molar-refractivity contribution is -0.139. The van der Waals surface area contributed by atoms with E-state index in [0.29, 0.717) is 29.5 Å². The molecule has 0 unspecified atom stereocenters. The molecular weight excluding hydrogens is 344 g/mol. The van der Waals surface area contributed by atoms with Gasteiger partial charge in [0.1, 0.15) is 15.6 Å². The van der Waals surface area contributed by atoms with Crippen molar-refractivity contribution in [2.75, 3.05) is 20.8 Å². The lowest BCUT2D eigenvalue weighted by Crippen LogP contribution is -2.26. The van der Waals surface area contributed by atoms with Gasteiger partial charge in [-0.05, 0) is 24.6 Å². The maximum absolute atomic E-state index is 12.6. The first kappa shape index (κ1) is 18.9. The number of hydrogen-bond acceptors (Lipinski definition) is 6. The van der Waals surface area contributed by atoms with Gasteiger partial charge in [-0.1, -0.05) is 12.1 Å². The third kappa shape index (κ3) is 5.27. The SMILES string of the molecule is COCc1nc(C)c(C(=O)N(C)Cc2ccc(OCC(=O)O)cc2)s1. The molecule has 0 aliphatic heterocycles. The van der Waals surface area contributed by atoms with Gasteiger partial charge in [-0.15, -0.1) is 11.3 Å². The van der Waals surface area contributed by atoms with Crippen molar-refractivity contribution in [3.05, 3.63) is 45.4 Å². The molecule has 25 heavy (non-hydrogen) atoms. The standard InChI is InChI=1S/C17H20N2O5S/c1-11-16(25-14(18-11)9-23-3)17(22)19(2)8-12-4-6-13(7-5-12)24-10-15(20)21/h4-7H,8-10H2,1-3H3,(H,20,21). The minimum absolute atomic E-state index is 0.0939. The van der Waals surface area contributed by atoms with Crippen molar-refractivity contribution in [2.24, 2.45) is 0 Å². The highest BCUT2D eigenvalue weighted by atomic mass is 32.1. The van der Waals surface area contributed by atoms with Gasteiger partial charge in [0.2, 0.25) is 0 Å². The fourth-order valence-corrected chi connectivity index (χ4v) is 3.22. The van der Waals surface area contributed by atoms with E-state index in [1.54, 1.807) is 43.3 Å². The van der Waals surface area contributed by atoms with Crippen LogP contribution in [0.1, 0.15) is 25.9 Å². The molecule has 0 radical (unpaired) electrons. The van der Waals surface area contributed by atoms with Gasteiger partial charge in [0, 0.05) is 20.7 Å². The number of carboxylic acid groups (broad SMARTS) is 1. The maximum atomic E-state index is 12.6. The van der Waals surface area contributed by atoms with E-state index in [4.69, 9.17) is 14.6 Å². The number of aryl methyl sites for hydroxylation is 1. The van der Waals surface area contributed by atoms with Gasteiger partial charge in [0.15, 0.2) is 6.61 Å².